The van der Waals surface area contributed by atoms with Crippen molar-refractivity contribution in [3.05, 3.63) is 64.1 Å². The van der Waals surface area contributed by atoms with Gasteiger partial charge >= 0.3 is 5.97 Å². The first-order valence-corrected chi connectivity index (χ1v) is 7.38. The number of rotatable bonds is 4. The molecule has 0 aliphatic carbocycles. The lowest BCUT2D eigenvalue weighted by atomic mass is 10.2. The molecule has 0 aliphatic heterocycles. The molecule has 0 aliphatic rings. The van der Waals surface area contributed by atoms with E-state index in [0.717, 1.165) is 18.2 Å². The van der Waals surface area contributed by atoms with Crippen molar-refractivity contribution in [3.8, 4) is 0 Å². The number of carbonyl (C=O) groups excluding carboxylic acids is 2. The smallest absolute Gasteiger partial charge is 0.340 e. The van der Waals surface area contributed by atoms with E-state index >= 15 is 0 Å². The molecule has 0 fully saturated rings. The van der Waals surface area contributed by atoms with Crippen LogP contribution in [-0.2, 0) is 9.53 Å². The molecule has 2 aromatic rings. The van der Waals surface area contributed by atoms with Gasteiger partial charge in [-0.3, -0.25) is 4.79 Å². The minimum absolute atomic E-state index is 0.0943. The molecule has 0 saturated heterocycles. The van der Waals surface area contributed by atoms with Crippen molar-refractivity contribution < 1.29 is 23.1 Å². The Kier molecular flexibility index (Phi) is 5.44. The van der Waals surface area contributed by atoms with Crippen LogP contribution in [0.1, 0.15) is 17.3 Å². The van der Waals surface area contributed by atoms with Crippen molar-refractivity contribution in [1.82, 2.24) is 0 Å². The Morgan fingerprint density at radius 1 is 1.13 bits per heavy atom. The molecule has 1 amide bonds. The summed E-state index contributed by atoms with van der Waals surface area (Å²) in [5, 5.41) is 2.44. The van der Waals surface area contributed by atoms with Gasteiger partial charge in [-0.05, 0) is 59.3 Å². The molecule has 2 aromatic carbocycles. The average Bonchev–Trinajstić information content (AvgIpc) is 2.46. The maximum absolute atomic E-state index is 13.1. The summed E-state index contributed by atoms with van der Waals surface area (Å²) in [5.74, 6) is -2.39. The summed E-state index contributed by atoms with van der Waals surface area (Å²) in [4.78, 5) is 23.9. The first-order valence-electron chi connectivity index (χ1n) is 6.59. The zero-order valence-corrected chi connectivity index (χ0v) is 13.6. The van der Waals surface area contributed by atoms with E-state index in [4.69, 9.17) is 4.74 Å². The van der Waals surface area contributed by atoms with E-state index in [1.54, 1.807) is 0 Å². The van der Waals surface area contributed by atoms with E-state index < -0.39 is 29.6 Å². The Balaban J connectivity index is 2.01. The van der Waals surface area contributed by atoms with Crippen LogP contribution in [0.5, 0.6) is 0 Å². The molecule has 1 atom stereocenters. The molecule has 120 valence electrons. The highest BCUT2D eigenvalue weighted by atomic mass is 79.9. The highest BCUT2D eigenvalue weighted by Gasteiger charge is 2.20. The summed E-state index contributed by atoms with van der Waals surface area (Å²) in [6.07, 6.45) is -1.11. The van der Waals surface area contributed by atoms with Crippen molar-refractivity contribution in [3.63, 3.8) is 0 Å². The number of benzene rings is 2. The van der Waals surface area contributed by atoms with Crippen molar-refractivity contribution in [2.45, 2.75) is 13.0 Å². The molecule has 0 unspecified atom stereocenters. The second-order valence-corrected chi connectivity index (χ2v) is 5.53. The molecule has 0 spiro atoms. The van der Waals surface area contributed by atoms with Crippen LogP contribution in [0, 0.1) is 11.6 Å². The van der Waals surface area contributed by atoms with E-state index in [9.17, 15) is 18.4 Å². The van der Waals surface area contributed by atoms with Crippen LogP contribution in [0.25, 0.3) is 0 Å². The molecule has 2 rings (SSSR count). The van der Waals surface area contributed by atoms with Gasteiger partial charge in [0.2, 0.25) is 0 Å². The molecule has 0 aromatic heterocycles. The number of halogens is 3. The fraction of sp³-hybridized carbons (Fsp3) is 0.125. The summed E-state index contributed by atoms with van der Waals surface area (Å²) >= 11 is 3.05. The van der Waals surface area contributed by atoms with Gasteiger partial charge in [-0.15, -0.1) is 0 Å². The van der Waals surface area contributed by atoms with Crippen molar-refractivity contribution >= 4 is 33.5 Å². The van der Waals surface area contributed by atoms with Crippen LogP contribution in [-0.4, -0.2) is 18.0 Å². The fourth-order valence-electron chi connectivity index (χ4n) is 1.74. The minimum atomic E-state index is -1.11. The average molecular weight is 384 g/mol. The first kappa shape index (κ1) is 17.1. The topological polar surface area (TPSA) is 55.4 Å². The van der Waals surface area contributed by atoms with Gasteiger partial charge in [0.25, 0.3) is 5.91 Å². The fourth-order valence-corrected chi connectivity index (χ4v) is 2.26. The van der Waals surface area contributed by atoms with Crippen molar-refractivity contribution in [2.24, 2.45) is 0 Å². The second-order valence-electron chi connectivity index (χ2n) is 4.67. The molecular formula is C16H12BrF2NO3. The van der Waals surface area contributed by atoms with E-state index in [2.05, 4.69) is 21.2 Å². The molecule has 0 saturated carbocycles. The van der Waals surface area contributed by atoms with E-state index in [0.29, 0.717) is 0 Å². The summed E-state index contributed by atoms with van der Waals surface area (Å²) in [7, 11) is 0. The van der Waals surface area contributed by atoms with Crippen molar-refractivity contribution in [2.75, 3.05) is 5.32 Å². The number of hydrogen-bond acceptors (Lipinski definition) is 3. The maximum atomic E-state index is 13.1. The Bertz CT molecular complexity index is 752. The van der Waals surface area contributed by atoms with Gasteiger partial charge < -0.3 is 10.1 Å². The van der Waals surface area contributed by atoms with Crippen LogP contribution >= 0.6 is 15.9 Å². The number of anilines is 1. The molecular weight excluding hydrogens is 372 g/mol. The summed E-state index contributed by atoms with van der Waals surface area (Å²) < 4.78 is 31.3. The van der Waals surface area contributed by atoms with Gasteiger partial charge in [-0.25, -0.2) is 13.6 Å². The zero-order valence-electron chi connectivity index (χ0n) is 12.0. The first-order chi connectivity index (χ1) is 10.9. The zero-order chi connectivity index (χ0) is 17.0. The lowest BCUT2D eigenvalue weighted by Gasteiger charge is -2.14. The molecule has 0 heterocycles. The van der Waals surface area contributed by atoms with Crippen LogP contribution in [0.4, 0.5) is 14.5 Å². The molecule has 23 heavy (non-hydrogen) atoms. The molecule has 7 heteroatoms. The predicted molar refractivity (Wildman–Crippen MR) is 84.0 cm³/mol. The van der Waals surface area contributed by atoms with E-state index in [1.165, 1.54) is 31.2 Å². The Morgan fingerprint density at radius 2 is 1.83 bits per heavy atom. The normalized spacial score (nSPS) is 11.7. The number of amides is 1. The summed E-state index contributed by atoms with van der Waals surface area (Å²) in [5.41, 5.74) is 0.345. The van der Waals surface area contributed by atoms with E-state index in [1.807, 2.05) is 0 Å². The standard InChI is InChI=1S/C16H12BrF2NO3/c1-9(15(21)20-12-4-2-3-10(18)7-12)23-16(22)13-6-5-11(19)8-14(13)17/h2-9H,1H3,(H,20,21)/t9-/m1/s1. The van der Waals surface area contributed by atoms with E-state index in [-0.39, 0.29) is 15.7 Å². The Hall–Kier alpha value is -2.28. The van der Waals surface area contributed by atoms with Crippen LogP contribution in [0.3, 0.4) is 0 Å². The third-order valence-electron chi connectivity index (χ3n) is 2.90. The van der Waals surface area contributed by atoms with Gasteiger partial charge in [0, 0.05) is 10.2 Å². The summed E-state index contributed by atoms with van der Waals surface area (Å²) in [6, 6.07) is 8.81. The predicted octanol–water partition coefficient (Wildman–Crippen LogP) is 3.91. The quantitative estimate of drug-likeness (QED) is 0.814. The highest BCUT2D eigenvalue weighted by Crippen LogP contribution is 2.19. The Morgan fingerprint density at radius 3 is 2.48 bits per heavy atom. The van der Waals surface area contributed by atoms with Gasteiger partial charge in [0.15, 0.2) is 6.10 Å². The SMILES string of the molecule is C[C@@H](OC(=O)c1ccc(F)cc1Br)C(=O)Nc1cccc(F)c1. The second kappa shape index (κ2) is 7.32. The monoisotopic (exact) mass is 383 g/mol. The van der Waals surface area contributed by atoms with Gasteiger partial charge in [0.1, 0.15) is 11.6 Å². The minimum Gasteiger partial charge on any atom is -0.449 e. The number of nitrogens with one attached hydrogen (secondary N) is 1. The number of esters is 1. The number of ether oxygens (including phenoxy) is 1. The molecule has 0 bridgehead atoms. The molecule has 0 radical (unpaired) electrons. The Labute approximate surface area is 139 Å². The lowest BCUT2D eigenvalue weighted by molar-refractivity contribution is -0.123. The van der Waals surface area contributed by atoms with Crippen LogP contribution in [0.15, 0.2) is 46.9 Å². The molecule has 4 nitrogen and oxygen atoms in total. The lowest BCUT2D eigenvalue weighted by Crippen LogP contribution is -2.30. The maximum Gasteiger partial charge on any atom is 0.340 e. The van der Waals surface area contributed by atoms with Gasteiger partial charge in [0.05, 0.1) is 5.56 Å². The third-order valence-corrected chi connectivity index (χ3v) is 3.55. The summed E-state index contributed by atoms with van der Waals surface area (Å²) in [6.45, 7) is 1.38. The van der Waals surface area contributed by atoms with Crippen LogP contribution < -0.4 is 5.32 Å². The molecule has 1 N–H and O–H groups in total. The third kappa shape index (κ3) is 4.59. The number of carbonyl (C=O) groups is 2. The van der Waals surface area contributed by atoms with Crippen LogP contribution in [0.2, 0.25) is 0 Å². The van der Waals surface area contributed by atoms with Gasteiger partial charge in [-0.1, -0.05) is 6.07 Å². The van der Waals surface area contributed by atoms with Crippen molar-refractivity contribution in [1.29, 1.82) is 0 Å². The number of hydrogen-bond donors (Lipinski definition) is 1. The largest absolute Gasteiger partial charge is 0.449 e. The highest BCUT2D eigenvalue weighted by molar-refractivity contribution is 9.10. The van der Waals surface area contributed by atoms with Gasteiger partial charge in [-0.2, -0.15) is 0 Å².